The maximum absolute atomic E-state index is 12.0. The summed E-state index contributed by atoms with van der Waals surface area (Å²) in [4.78, 5) is 12.0. The molecule has 5 nitrogen and oxygen atoms in total. The molecule has 112 valence electrons. The molecule has 1 rings (SSSR count). The molecule has 20 heavy (non-hydrogen) atoms. The van der Waals surface area contributed by atoms with Gasteiger partial charge in [-0.2, -0.15) is 0 Å². The minimum atomic E-state index is -3.27. The molecule has 0 spiro atoms. The lowest BCUT2D eigenvalue weighted by molar-refractivity contribution is -0.124. The Balaban J connectivity index is 2.40. The largest absolute Gasteiger partial charge is 0.356 e. The number of nitrogens with one attached hydrogen (secondary N) is 1. The number of sulfone groups is 1. The first kappa shape index (κ1) is 16.7. The van der Waals surface area contributed by atoms with Crippen LogP contribution in [0.25, 0.3) is 0 Å². The minimum Gasteiger partial charge on any atom is -0.356 e. The van der Waals surface area contributed by atoms with E-state index in [1.165, 1.54) is 0 Å². The second kappa shape index (κ2) is 7.40. The van der Waals surface area contributed by atoms with E-state index >= 15 is 0 Å². The van der Waals surface area contributed by atoms with E-state index in [2.05, 4.69) is 5.32 Å². The predicted molar refractivity (Wildman–Crippen MR) is 78.9 cm³/mol. The Labute approximate surface area is 120 Å². The molecule has 0 saturated heterocycles. The molecule has 6 heteroatoms. The van der Waals surface area contributed by atoms with E-state index in [0.717, 1.165) is 0 Å². The zero-order chi connectivity index (χ0) is 15.2. The highest BCUT2D eigenvalue weighted by molar-refractivity contribution is 7.91. The minimum absolute atomic E-state index is 0.0177. The molecule has 0 heterocycles. The molecule has 2 unspecified atom stereocenters. The Bertz CT molecular complexity index is 527. The summed E-state index contributed by atoms with van der Waals surface area (Å²) in [5, 5.41) is 2.70. The zero-order valence-corrected chi connectivity index (χ0v) is 12.7. The third-order valence-corrected chi connectivity index (χ3v) is 5.01. The molecule has 0 aliphatic heterocycles. The first-order valence-corrected chi connectivity index (χ1v) is 8.31. The fourth-order valence-corrected chi connectivity index (χ4v) is 2.95. The third-order valence-electron chi connectivity index (χ3n) is 3.19. The molecule has 3 N–H and O–H groups in total. The van der Waals surface area contributed by atoms with Crippen molar-refractivity contribution >= 4 is 15.7 Å². The number of carbonyl (C=O) groups is 1. The van der Waals surface area contributed by atoms with Crippen molar-refractivity contribution < 1.29 is 13.2 Å². The quantitative estimate of drug-likeness (QED) is 0.733. The predicted octanol–water partition coefficient (Wildman–Crippen LogP) is 0.950. The Morgan fingerprint density at radius 3 is 2.40 bits per heavy atom. The lowest BCUT2D eigenvalue weighted by atomic mass is 10.0. The van der Waals surface area contributed by atoms with Crippen LogP contribution in [0.2, 0.25) is 0 Å². The molecule has 2 atom stereocenters. The van der Waals surface area contributed by atoms with Crippen LogP contribution >= 0.6 is 0 Å². The molecule has 0 fully saturated rings. The highest BCUT2D eigenvalue weighted by atomic mass is 32.2. The van der Waals surface area contributed by atoms with Crippen molar-refractivity contribution in [3.8, 4) is 0 Å². The molecule has 0 aromatic heterocycles. The summed E-state index contributed by atoms with van der Waals surface area (Å²) in [6.07, 6.45) is 0.384. The number of hydrogen-bond acceptors (Lipinski definition) is 4. The van der Waals surface area contributed by atoms with E-state index in [9.17, 15) is 13.2 Å². The molecule has 1 aromatic rings. The lowest BCUT2D eigenvalue weighted by Gasteiger charge is -2.15. The monoisotopic (exact) mass is 298 g/mol. The first-order chi connectivity index (χ1) is 9.34. The van der Waals surface area contributed by atoms with Gasteiger partial charge in [0.05, 0.1) is 10.6 Å². The van der Waals surface area contributed by atoms with E-state index in [4.69, 9.17) is 5.73 Å². The van der Waals surface area contributed by atoms with Crippen LogP contribution in [0.1, 0.15) is 20.3 Å². The van der Waals surface area contributed by atoms with Gasteiger partial charge in [-0.05, 0) is 25.5 Å². The maximum atomic E-state index is 12.0. The number of rotatable bonds is 7. The molecule has 0 bridgehead atoms. The fourth-order valence-electron chi connectivity index (χ4n) is 1.62. The summed E-state index contributed by atoms with van der Waals surface area (Å²) in [6, 6.07) is 8.09. The van der Waals surface area contributed by atoms with Gasteiger partial charge >= 0.3 is 0 Å². The van der Waals surface area contributed by atoms with E-state index in [0.29, 0.717) is 17.9 Å². The molecule has 0 saturated carbocycles. The first-order valence-electron chi connectivity index (χ1n) is 6.65. The van der Waals surface area contributed by atoms with Crippen molar-refractivity contribution in [1.82, 2.24) is 5.32 Å². The Hall–Kier alpha value is -1.40. The van der Waals surface area contributed by atoms with Gasteiger partial charge in [0, 0.05) is 18.5 Å². The molecule has 1 aromatic carbocycles. The van der Waals surface area contributed by atoms with Crippen LogP contribution in [0.3, 0.4) is 0 Å². The van der Waals surface area contributed by atoms with Gasteiger partial charge in [-0.1, -0.05) is 25.1 Å². The van der Waals surface area contributed by atoms with Crippen LogP contribution in [0.15, 0.2) is 35.2 Å². The second-order valence-electron chi connectivity index (χ2n) is 4.92. The van der Waals surface area contributed by atoms with Crippen LogP contribution in [0.5, 0.6) is 0 Å². The summed E-state index contributed by atoms with van der Waals surface area (Å²) in [7, 11) is -3.27. The third kappa shape index (κ3) is 4.94. The zero-order valence-electron chi connectivity index (χ0n) is 11.9. The summed E-state index contributed by atoms with van der Waals surface area (Å²) >= 11 is 0. The smallest absolute Gasteiger partial charge is 0.224 e. The van der Waals surface area contributed by atoms with Gasteiger partial charge < -0.3 is 11.1 Å². The molecule has 1 amide bonds. The van der Waals surface area contributed by atoms with Gasteiger partial charge in [0.1, 0.15) is 0 Å². The maximum Gasteiger partial charge on any atom is 0.224 e. The van der Waals surface area contributed by atoms with Crippen LogP contribution in [-0.2, 0) is 14.6 Å². The van der Waals surface area contributed by atoms with Crippen LogP contribution in [0, 0.1) is 5.92 Å². The molecule has 0 aliphatic rings. The van der Waals surface area contributed by atoms with Crippen molar-refractivity contribution in [2.24, 2.45) is 11.7 Å². The summed E-state index contributed by atoms with van der Waals surface area (Å²) in [6.45, 7) is 3.85. The molecule has 0 radical (unpaired) electrons. The highest BCUT2D eigenvalue weighted by Crippen LogP contribution is 2.10. The van der Waals surface area contributed by atoms with Gasteiger partial charge in [-0.3, -0.25) is 4.79 Å². The van der Waals surface area contributed by atoms with Gasteiger partial charge in [-0.15, -0.1) is 0 Å². The van der Waals surface area contributed by atoms with Crippen LogP contribution in [-0.4, -0.2) is 32.7 Å². The Kier molecular flexibility index (Phi) is 6.16. The van der Waals surface area contributed by atoms with Gasteiger partial charge in [0.15, 0.2) is 9.84 Å². The van der Waals surface area contributed by atoms with Crippen molar-refractivity contribution in [2.45, 2.75) is 31.2 Å². The van der Waals surface area contributed by atoms with Crippen molar-refractivity contribution in [2.75, 3.05) is 12.3 Å². The van der Waals surface area contributed by atoms with Crippen LogP contribution in [0.4, 0.5) is 0 Å². The normalized spacial score (nSPS) is 14.6. The molecular formula is C14H22N2O3S. The molecule has 0 aliphatic carbocycles. The van der Waals surface area contributed by atoms with Crippen LogP contribution < -0.4 is 11.1 Å². The SMILES string of the molecule is CC(N)C(C)C(=O)NCCCS(=O)(=O)c1ccccc1. The number of hydrogen-bond donors (Lipinski definition) is 2. The number of amides is 1. The Morgan fingerprint density at radius 1 is 1.25 bits per heavy atom. The average Bonchev–Trinajstić information content (AvgIpc) is 2.43. The van der Waals surface area contributed by atoms with Gasteiger partial charge in [0.25, 0.3) is 0 Å². The summed E-state index contributed by atoms with van der Waals surface area (Å²) < 4.78 is 24.0. The van der Waals surface area contributed by atoms with Crippen molar-refractivity contribution in [3.63, 3.8) is 0 Å². The van der Waals surface area contributed by atoms with E-state index in [-0.39, 0.29) is 23.6 Å². The van der Waals surface area contributed by atoms with Crippen molar-refractivity contribution in [1.29, 1.82) is 0 Å². The van der Waals surface area contributed by atoms with Crippen molar-refractivity contribution in [3.05, 3.63) is 30.3 Å². The topological polar surface area (TPSA) is 89.3 Å². The van der Waals surface area contributed by atoms with E-state index in [1.54, 1.807) is 44.2 Å². The van der Waals surface area contributed by atoms with E-state index in [1.807, 2.05) is 0 Å². The second-order valence-corrected chi connectivity index (χ2v) is 7.03. The summed E-state index contributed by atoms with van der Waals surface area (Å²) in [5.41, 5.74) is 5.63. The van der Waals surface area contributed by atoms with E-state index < -0.39 is 9.84 Å². The fraction of sp³-hybridized carbons (Fsp3) is 0.500. The lowest BCUT2D eigenvalue weighted by Crippen LogP contribution is -2.39. The number of carbonyl (C=O) groups excluding carboxylic acids is 1. The summed E-state index contributed by atoms with van der Waals surface area (Å²) in [5.74, 6) is -0.401. The number of benzene rings is 1. The number of nitrogens with two attached hydrogens (primary N) is 1. The standard InChI is InChI=1S/C14H22N2O3S/c1-11(12(2)15)14(17)16-9-6-10-20(18,19)13-7-4-3-5-8-13/h3-5,7-8,11-12H,6,9-10,15H2,1-2H3,(H,16,17). The highest BCUT2D eigenvalue weighted by Gasteiger charge is 2.17. The Morgan fingerprint density at radius 2 is 1.85 bits per heavy atom. The average molecular weight is 298 g/mol. The van der Waals surface area contributed by atoms with Gasteiger partial charge in [-0.25, -0.2) is 8.42 Å². The molecular weight excluding hydrogens is 276 g/mol. The van der Waals surface area contributed by atoms with Gasteiger partial charge in [0.2, 0.25) is 5.91 Å².